The molecular formula is C26H27N3O4S. The van der Waals surface area contributed by atoms with Gasteiger partial charge in [0.05, 0.1) is 27.4 Å². The Hall–Kier alpha value is -3.65. The Kier molecular flexibility index (Phi) is 7.93. The van der Waals surface area contributed by atoms with Crippen LogP contribution in [0, 0.1) is 0 Å². The van der Waals surface area contributed by atoms with Crippen LogP contribution in [0.2, 0.25) is 0 Å². The number of benzene rings is 3. The smallest absolute Gasteiger partial charge is 0.196 e. The highest BCUT2D eigenvalue weighted by atomic mass is 32.2. The molecule has 7 nitrogen and oxygen atoms in total. The lowest BCUT2D eigenvalue weighted by Crippen LogP contribution is -2.04. The van der Waals surface area contributed by atoms with Crippen molar-refractivity contribution in [2.24, 2.45) is 0 Å². The van der Waals surface area contributed by atoms with Crippen LogP contribution in [0.25, 0.3) is 17.1 Å². The van der Waals surface area contributed by atoms with E-state index in [1.165, 1.54) is 0 Å². The Morgan fingerprint density at radius 2 is 1.44 bits per heavy atom. The van der Waals surface area contributed by atoms with Crippen LogP contribution in [0.3, 0.4) is 0 Å². The second-order valence-corrected chi connectivity index (χ2v) is 8.23. The van der Waals surface area contributed by atoms with E-state index in [9.17, 15) is 0 Å². The normalized spacial score (nSPS) is 10.7. The molecule has 1 heterocycles. The molecule has 0 saturated heterocycles. The first-order chi connectivity index (χ1) is 16.7. The first-order valence-electron chi connectivity index (χ1n) is 10.9. The molecule has 8 heteroatoms. The molecule has 0 aliphatic heterocycles. The number of ether oxygens (including phenoxy) is 4. The highest BCUT2D eigenvalue weighted by Crippen LogP contribution is 2.30. The van der Waals surface area contributed by atoms with Gasteiger partial charge in [0.2, 0.25) is 0 Å². The summed E-state index contributed by atoms with van der Waals surface area (Å²) in [6, 6.07) is 23.3. The molecule has 0 fully saturated rings. The molecule has 1 aromatic heterocycles. The molecular weight excluding hydrogens is 450 g/mol. The van der Waals surface area contributed by atoms with Crippen molar-refractivity contribution < 1.29 is 18.9 Å². The second-order valence-electron chi connectivity index (χ2n) is 7.17. The van der Waals surface area contributed by atoms with Crippen LogP contribution in [0.4, 0.5) is 0 Å². The molecule has 3 aromatic carbocycles. The number of aromatic nitrogens is 3. The SMILES string of the molecule is CCOc1ccc(-n2c(SCCOc3ccc(OC)cc3)nnc2-c2cccc(OC)c2)cc1. The summed E-state index contributed by atoms with van der Waals surface area (Å²) in [5.74, 6) is 4.63. The fourth-order valence-corrected chi connectivity index (χ4v) is 4.14. The van der Waals surface area contributed by atoms with Crippen LogP contribution in [-0.2, 0) is 0 Å². The summed E-state index contributed by atoms with van der Waals surface area (Å²) in [6.45, 7) is 3.12. The van der Waals surface area contributed by atoms with E-state index in [0.717, 1.165) is 45.2 Å². The summed E-state index contributed by atoms with van der Waals surface area (Å²) in [7, 11) is 3.30. The number of hydrogen-bond donors (Lipinski definition) is 0. The monoisotopic (exact) mass is 477 g/mol. The third-order valence-electron chi connectivity index (χ3n) is 5.01. The Labute approximate surface area is 203 Å². The maximum Gasteiger partial charge on any atom is 0.196 e. The van der Waals surface area contributed by atoms with Gasteiger partial charge < -0.3 is 18.9 Å². The van der Waals surface area contributed by atoms with Gasteiger partial charge in [-0.2, -0.15) is 0 Å². The van der Waals surface area contributed by atoms with E-state index < -0.39 is 0 Å². The lowest BCUT2D eigenvalue weighted by Gasteiger charge is -2.12. The molecule has 0 atom stereocenters. The van der Waals surface area contributed by atoms with Gasteiger partial charge >= 0.3 is 0 Å². The Balaban J connectivity index is 1.55. The van der Waals surface area contributed by atoms with Crippen LogP contribution < -0.4 is 18.9 Å². The maximum atomic E-state index is 5.87. The van der Waals surface area contributed by atoms with E-state index in [-0.39, 0.29) is 0 Å². The van der Waals surface area contributed by atoms with Crippen molar-refractivity contribution in [1.29, 1.82) is 0 Å². The van der Waals surface area contributed by atoms with Crippen LogP contribution in [0.5, 0.6) is 23.0 Å². The summed E-state index contributed by atoms with van der Waals surface area (Å²) in [4.78, 5) is 0. The number of rotatable bonds is 11. The molecule has 0 N–H and O–H groups in total. The van der Waals surface area contributed by atoms with Gasteiger partial charge in [0, 0.05) is 17.0 Å². The van der Waals surface area contributed by atoms with E-state index >= 15 is 0 Å². The van der Waals surface area contributed by atoms with E-state index in [2.05, 4.69) is 10.2 Å². The van der Waals surface area contributed by atoms with Gasteiger partial charge in [-0.15, -0.1) is 10.2 Å². The van der Waals surface area contributed by atoms with Crippen molar-refractivity contribution in [1.82, 2.24) is 14.8 Å². The van der Waals surface area contributed by atoms with E-state index in [4.69, 9.17) is 18.9 Å². The minimum atomic E-state index is 0.529. The van der Waals surface area contributed by atoms with Crippen molar-refractivity contribution in [2.45, 2.75) is 12.1 Å². The summed E-state index contributed by atoms with van der Waals surface area (Å²) in [6.07, 6.45) is 0. The first-order valence-corrected chi connectivity index (χ1v) is 11.9. The van der Waals surface area contributed by atoms with Crippen LogP contribution in [0.1, 0.15) is 6.92 Å². The Morgan fingerprint density at radius 1 is 0.765 bits per heavy atom. The van der Waals surface area contributed by atoms with E-state index in [1.807, 2.05) is 84.3 Å². The Bertz CT molecular complexity index is 1190. The van der Waals surface area contributed by atoms with Gasteiger partial charge in [-0.3, -0.25) is 4.57 Å². The number of methoxy groups -OCH3 is 2. The van der Waals surface area contributed by atoms with Crippen molar-refractivity contribution in [3.05, 3.63) is 72.8 Å². The van der Waals surface area contributed by atoms with Gasteiger partial charge in [-0.1, -0.05) is 23.9 Å². The number of hydrogen-bond acceptors (Lipinski definition) is 7. The fraction of sp³-hybridized carbons (Fsp3) is 0.231. The Morgan fingerprint density at radius 3 is 2.15 bits per heavy atom. The molecule has 0 bridgehead atoms. The molecule has 0 spiro atoms. The molecule has 0 saturated carbocycles. The average Bonchev–Trinajstić information content (AvgIpc) is 3.31. The molecule has 0 aliphatic rings. The molecule has 4 aromatic rings. The summed E-state index contributed by atoms with van der Waals surface area (Å²) in [5.41, 5.74) is 1.87. The largest absolute Gasteiger partial charge is 0.497 e. The third-order valence-corrected chi connectivity index (χ3v) is 5.90. The van der Waals surface area contributed by atoms with Crippen LogP contribution in [-0.4, -0.2) is 48.0 Å². The lowest BCUT2D eigenvalue weighted by atomic mass is 10.2. The van der Waals surface area contributed by atoms with Gasteiger partial charge in [-0.05, 0) is 67.6 Å². The minimum Gasteiger partial charge on any atom is -0.497 e. The molecule has 4 rings (SSSR count). The number of thioether (sulfide) groups is 1. The fourth-order valence-electron chi connectivity index (χ4n) is 3.37. The predicted octanol–water partition coefficient (Wildman–Crippen LogP) is 5.52. The van der Waals surface area contributed by atoms with Crippen molar-refractivity contribution in [2.75, 3.05) is 33.2 Å². The molecule has 0 aliphatic carbocycles. The third kappa shape index (κ3) is 5.63. The highest BCUT2D eigenvalue weighted by Gasteiger charge is 2.17. The number of nitrogens with zero attached hydrogens (tertiary/aromatic N) is 3. The van der Waals surface area contributed by atoms with E-state index in [0.29, 0.717) is 19.0 Å². The van der Waals surface area contributed by atoms with Gasteiger partial charge in [0.1, 0.15) is 23.0 Å². The minimum absolute atomic E-state index is 0.529. The van der Waals surface area contributed by atoms with E-state index in [1.54, 1.807) is 26.0 Å². The lowest BCUT2D eigenvalue weighted by molar-refractivity contribution is 0.340. The highest BCUT2D eigenvalue weighted by molar-refractivity contribution is 7.99. The second kappa shape index (κ2) is 11.5. The molecule has 0 amide bonds. The zero-order valence-electron chi connectivity index (χ0n) is 19.4. The molecule has 34 heavy (non-hydrogen) atoms. The maximum absolute atomic E-state index is 5.87. The quantitative estimate of drug-likeness (QED) is 0.208. The van der Waals surface area contributed by atoms with Crippen molar-refractivity contribution in [3.63, 3.8) is 0 Å². The molecule has 176 valence electrons. The van der Waals surface area contributed by atoms with Crippen LogP contribution >= 0.6 is 11.8 Å². The van der Waals surface area contributed by atoms with Crippen molar-refractivity contribution in [3.8, 4) is 40.1 Å². The molecule has 0 radical (unpaired) electrons. The molecule has 0 unspecified atom stereocenters. The predicted molar refractivity (Wildman–Crippen MR) is 134 cm³/mol. The summed E-state index contributed by atoms with van der Waals surface area (Å²) < 4.78 is 24.1. The first kappa shape index (κ1) is 23.5. The standard InChI is InChI=1S/C26H27N3O4S/c1-4-32-22-10-8-20(9-11-22)29-25(19-6-5-7-24(18-19)31-3)27-28-26(29)34-17-16-33-23-14-12-21(30-2)13-15-23/h5-15,18H,4,16-17H2,1-3H3. The topological polar surface area (TPSA) is 67.6 Å². The average molecular weight is 478 g/mol. The van der Waals surface area contributed by atoms with Crippen LogP contribution in [0.15, 0.2) is 78.0 Å². The summed E-state index contributed by atoms with van der Waals surface area (Å²) in [5, 5.41) is 9.76. The van der Waals surface area contributed by atoms with Crippen molar-refractivity contribution >= 4 is 11.8 Å². The van der Waals surface area contributed by atoms with Gasteiger partial charge in [0.15, 0.2) is 11.0 Å². The van der Waals surface area contributed by atoms with Gasteiger partial charge in [-0.25, -0.2) is 0 Å². The summed E-state index contributed by atoms with van der Waals surface area (Å²) >= 11 is 1.59. The van der Waals surface area contributed by atoms with Gasteiger partial charge in [0.25, 0.3) is 0 Å². The zero-order valence-corrected chi connectivity index (χ0v) is 20.2. The zero-order chi connectivity index (χ0) is 23.8.